The van der Waals surface area contributed by atoms with Gasteiger partial charge in [-0.15, -0.1) is 5.10 Å². The molecule has 2 heterocycles. The number of rotatable bonds is 2. The molecule has 3 N–H and O–H groups in total. The minimum Gasteiger partial charge on any atom is -0.382 e. The summed E-state index contributed by atoms with van der Waals surface area (Å²) in [6, 6.07) is 14.8. The predicted molar refractivity (Wildman–Crippen MR) is 91.9 cm³/mol. The summed E-state index contributed by atoms with van der Waals surface area (Å²) < 4.78 is 1.52. The van der Waals surface area contributed by atoms with E-state index in [-0.39, 0.29) is 5.56 Å². The molecule has 7 heteroatoms. The average Bonchev–Trinajstić information content (AvgIpc) is 2.97. The number of aryl methyl sites for hydroxylation is 1. The largest absolute Gasteiger partial charge is 0.382 e. The molecule has 0 aliphatic heterocycles. The Balaban J connectivity index is 1.86. The first-order chi connectivity index (χ1) is 11.6. The Bertz CT molecular complexity index is 1090. The molecule has 0 amide bonds. The number of nitrogens with zero attached hydrogens (tertiary/aromatic N) is 4. The van der Waals surface area contributed by atoms with Crippen LogP contribution in [0.3, 0.4) is 0 Å². The number of hydrogen-bond donors (Lipinski definition) is 2. The van der Waals surface area contributed by atoms with Crippen molar-refractivity contribution >= 4 is 16.7 Å². The number of benzene rings is 2. The number of nitrogens with two attached hydrogens (primary N) is 1. The van der Waals surface area contributed by atoms with Gasteiger partial charge in [-0.05, 0) is 31.2 Å². The summed E-state index contributed by atoms with van der Waals surface area (Å²) in [6.45, 7) is 2.00. The van der Waals surface area contributed by atoms with Gasteiger partial charge in [-0.3, -0.25) is 4.79 Å². The first-order valence-corrected chi connectivity index (χ1v) is 7.41. The van der Waals surface area contributed by atoms with Gasteiger partial charge in [-0.1, -0.05) is 35.0 Å². The van der Waals surface area contributed by atoms with Gasteiger partial charge >= 0.3 is 0 Å². The highest BCUT2D eigenvalue weighted by Gasteiger charge is 2.16. The summed E-state index contributed by atoms with van der Waals surface area (Å²) in [7, 11) is 0. The lowest BCUT2D eigenvalue weighted by Crippen LogP contribution is -2.10. The van der Waals surface area contributed by atoms with Crippen molar-refractivity contribution in [1.82, 2.24) is 25.0 Å². The molecule has 0 atom stereocenters. The van der Waals surface area contributed by atoms with E-state index in [1.807, 2.05) is 37.3 Å². The second kappa shape index (κ2) is 5.31. The van der Waals surface area contributed by atoms with Crippen LogP contribution in [0.25, 0.3) is 28.1 Å². The predicted octanol–water partition coefficient (Wildman–Crippen LogP) is 2.06. The van der Waals surface area contributed by atoms with E-state index in [9.17, 15) is 4.79 Å². The van der Waals surface area contributed by atoms with E-state index in [0.29, 0.717) is 28.2 Å². The number of aromatic nitrogens is 5. The van der Waals surface area contributed by atoms with Crippen LogP contribution in [0.4, 0.5) is 5.82 Å². The SMILES string of the molecule is Cc1ccc(-n2nnc(-c3nc4ccccc4c(=O)[nH]3)c2N)cc1. The van der Waals surface area contributed by atoms with Crippen LogP contribution in [0.5, 0.6) is 0 Å². The topological polar surface area (TPSA) is 102 Å². The normalized spacial score (nSPS) is 11.0. The summed E-state index contributed by atoms with van der Waals surface area (Å²) in [5.41, 5.74) is 8.80. The van der Waals surface area contributed by atoms with Crippen LogP contribution < -0.4 is 11.3 Å². The summed E-state index contributed by atoms with van der Waals surface area (Å²) >= 11 is 0. The summed E-state index contributed by atoms with van der Waals surface area (Å²) in [5, 5.41) is 8.69. The first-order valence-electron chi connectivity index (χ1n) is 7.41. The molecule has 7 nitrogen and oxygen atoms in total. The number of nitrogen functional groups attached to an aromatic ring is 1. The maximum atomic E-state index is 12.2. The van der Waals surface area contributed by atoms with Crippen LogP contribution in [0.1, 0.15) is 5.56 Å². The van der Waals surface area contributed by atoms with Crippen LogP contribution in [-0.4, -0.2) is 25.0 Å². The molecule has 4 aromatic rings. The Morgan fingerprint density at radius 3 is 2.62 bits per heavy atom. The van der Waals surface area contributed by atoms with E-state index >= 15 is 0 Å². The Morgan fingerprint density at radius 2 is 1.83 bits per heavy atom. The van der Waals surface area contributed by atoms with Gasteiger partial charge in [0.15, 0.2) is 17.3 Å². The zero-order chi connectivity index (χ0) is 16.7. The Hall–Kier alpha value is -3.48. The van der Waals surface area contributed by atoms with Gasteiger partial charge in [-0.25, -0.2) is 4.98 Å². The van der Waals surface area contributed by atoms with Crippen LogP contribution in [0.15, 0.2) is 53.3 Å². The van der Waals surface area contributed by atoms with Crippen LogP contribution in [0, 0.1) is 6.92 Å². The smallest absolute Gasteiger partial charge is 0.259 e. The van der Waals surface area contributed by atoms with Crippen LogP contribution >= 0.6 is 0 Å². The van der Waals surface area contributed by atoms with Crippen LogP contribution in [0.2, 0.25) is 0 Å². The van der Waals surface area contributed by atoms with Gasteiger partial charge in [0.1, 0.15) is 0 Å². The van der Waals surface area contributed by atoms with E-state index in [4.69, 9.17) is 5.73 Å². The molecule has 0 spiro atoms. The standard InChI is InChI=1S/C17H14N6O/c1-10-6-8-11(9-7-10)23-15(18)14(21-22-23)16-19-13-5-3-2-4-12(13)17(24)20-16/h2-9H,18H2,1H3,(H,19,20,24). The second-order valence-corrected chi connectivity index (χ2v) is 5.50. The molecule has 0 aliphatic carbocycles. The number of hydrogen-bond acceptors (Lipinski definition) is 5. The molecule has 2 aromatic carbocycles. The van der Waals surface area contributed by atoms with Crippen molar-refractivity contribution in [3.8, 4) is 17.2 Å². The van der Waals surface area contributed by atoms with Gasteiger partial charge in [0, 0.05) is 0 Å². The number of para-hydroxylation sites is 1. The molecule has 0 saturated carbocycles. The van der Waals surface area contributed by atoms with Gasteiger partial charge < -0.3 is 10.7 Å². The number of aromatic amines is 1. The van der Waals surface area contributed by atoms with Crippen molar-refractivity contribution < 1.29 is 0 Å². The van der Waals surface area contributed by atoms with E-state index in [0.717, 1.165) is 11.3 Å². The van der Waals surface area contributed by atoms with Crippen molar-refractivity contribution in [1.29, 1.82) is 0 Å². The van der Waals surface area contributed by atoms with E-state index in [1.165, 1.54) is 4.68 Å². The van der Waals surface area contributed by atoms with E-state index < -0.39 is 0 Å². The van der Waals surface area contributed by atoms with Crippen molar-refractivity contribution in [3.05, 3.63) is 64.4 Å². The highest BCUT2D eigenvalue weighted by atomic mass is 16.1. The van der Waals surface area contributed by atoms with Gasteiger partial charge in [-0.2, -0.15) is 4.68 Å². The molecule has 2 aromatic heterocycles. The molecule has 24 heavy (non-hydrogen) atoms. The average molecular weight is 318 g/mol. The molecule has 0 saturated heterocycles. The zero-order valence-electron chi connectivity index (χ0n) is 12.9. The Morgan fingerprint density at radius 1 is 1.08 bits per heavy atom. The molecule has 4 rings (SSSR count). The van der Waals surface area contributed by atoms with Crippen molar-refractivity contribution in [2.75, 3.05) is 5.73 Å². The molecule has 0 radical (unpaired) electrons. The summed E-state index contributed by atoms with van der Waals surface area (Å²) in [4.78, 5) is 19.4. The van der Waals surface area contributed by atoms with Crippen molar-refractivity contribution in [3.63, 3.8) is 0 Å². The highest BCUT2D eigenvalue weighted by Crippen LogP contribution is 2.23. The van der Waals surface area contributed by atoms with E-state index in [2.05, 4.69) is 20.3 Å². The first kappa shape index (κ1) is 14.1. The second-order valence-electron chi connectivity index (χ2n) is 5.50. The lowest BCUT2D eigenvalue weighted by Gasteiger charge is -2.04. The Kier molecular flexibility index (Phi) is 3.13. The quantitative estimate of drug-likeness (QED) is 0.589. The summed E-state index contributed by atoms with van der Waals surface area (Å²) in [5.74, 6) is 0.617. The minimum atomic E-state index is -0.236. The number of H-pyrrole nitrogens is 1. The van der Waals surface area contributed by atoms with Gasteiger partial charge in [0.2, 0.25) is 0 Å². The molecule has 0 bridgehead atoms. The zero-order valence-corrected chi connectivity index (χ0v) is 12.9. The molecular weight excluding hydrogens is 304 g/mol. The fourth-order valence-electron chi connectivity index (χ4n) is 2.53. The molecule has 0 unspecified atom stereocenters. The van der Waals surface area contributed by atoms with Gasteiger partial charge in [0.25, 0.3) is 5.56 Å². The number of fused-ring (bicyclic) bond motifs is 1. The van der Waals surface area contributed by atoms with Crippen molar-refractivity contribution in [2.45, 2.75) is 6.92 Å². The maximum absolute atomic E-state index is 12.2. The third kappa shape index (κ3) is 2.23. The van der Waals surface area contributed by atoms with Crippen molar-refractivity contribution in [2.24, 2.45) is 0 Å². The number of nitrogens with one attached hydrogen (secondary N) is 1. The third-order valence-electron chi connectivity index (χ3n) is 3.82. The maximum Gasteiger partial charge on any atom is 0.259 e. The monoisotopic (exact) mass is 318 g/mol. The van der Waals surface area contributed by atoms with E-state index in [1.54, 1.807) is 18.2 Å². The molecule has 0 aliphatic rings. The molecular formula is C17H14N6O. The minimum absolute atomic E-state index is 0.236. The molecule has 0 fully saturated rings. The number of anilines is 1. The fourth-order valence-corrected chi connectivity index (χ4v) is 2.53. The van der Waals surface area contributed by atoms with Gasteiger partial charge in [0.05, 0.1) is 16.6 Å². The van der Waals surface area contributed by atoms with Crippen LogP contribution in [-0.2, 0) is 0 Å². The molecule has 118 valence electrons. The fraction of sp³-hybridized carbons (Fsp3) is 0.0588. The third-order valence-corrected chi connectivity index (χ3v) is 3.82. The highest BCUT2D eigenvalue weighted by molar-refractivity contribution is 5.80. The summed E-state index contributed by atoms with van der Waals surface area (Å²) in [6.07, 6.45) is 0. The lowest BCUT2D eigenvalue weighted by molar-refractivity contribution is 0.809. The lowest BCUT2D eigenvalue weighted by atomic mass is 10.2. The Labute approximate surface area is 136 Å².